The summed E-state index contributed by atoms with van der Waals surface area (Å²) in [4.78, 5) is 24.7. The summed E-state index contributed by atoms with van der Waals surface area (Å²) in [5.74, 6) is 1.53. The third-order valence-electron chi connectivity index (χ3n) is 6.83. The molecule has 0 saturated heterocycles. The van der Waals surface area contributed by atoms with Gasteiger partial charge in [0.05, 0.1) is 18.2 Å². The lowest BCUT2D eigenvalue weighted by atomic mass is 10.1. The molecule has 9 heteroatoms. The summed E-state index contributed by atoms with van der Waals surface area (Å²) in [6.45, 7) is 0.852. The fourth-order valence-corrected chi connectivity index (χ4v) is 4.64. The second-order valence-electron chi connectivity index (χ2n) is 9.72. The van der Waals surface area contributed by atoms with E-state index in [-0.39, 0.29) is 12.1 Å². The van der Waals surface area contributed by atoms with Crippen molar-refractivity contribution in [2.45, 2.75) is 19.0 Å². The number of anilines is 2. The lowest BCUT2D eigenvalue weighted by molar-refractivity contribution is -0.137. The summed E-state index contributed by atoms with van der Waals surface area (Å²) in [5.41, 5.74) is 1.98. The standard InChI is InChI=1S/C33H29F3N4O2/c1-42-27-16-14-24(15-17-27)31-38-29-13-6-5-12-28(29)32(39-31)40(20-18-23-8-3-2-4-9-23)21-19-30(41)37-26-11-7-10-25(22-26)33(34,35)36/h2-17,22H,18-21H2,1H3,(H,37,41). The highest BCUT2D eigenvalue weighted by Gasteiger charge is 2.30. The molecule has 0 saturated carbocycles. The summed E-state index contributed by atoms with van der Waals surface area (Å²) in [6.07, 6.45) is -3.75. The minimum absolute atomic E-state index is 0.0429. The largest absolute Gasteiger partial charge is 0.497 e. The van der Waals surface area contributed by atoms with E-state index in [0.717, 1.165) is 39.9 Å². The molecule has 0 bridgehead atoms. The van der Waals surface area contributed by atoms with Crippen molar-refractivity contribution in [2.75, 3.05) is 30.4 Å². The van der Waals surface area contributed by atoms with Gasteiger partial charge < -0.3 is 15.0 Å². The number of hydrogen-bond donors (Lipinski definition) is 1. The Morgan fingerprint density at radius 2 is 1.60 bits per heavy atom. The summed E-state index contributed by atoms with van der Waals surface area (Å²) < 4.78 is 44.8. The van der Waals surface area contributed by atoms with Gasteiger partial charge in [-0.3, -0.25) is 4.79 Å². The number of carbonyl (C=O) groups is 1. The number of nitrogens with one attached hydrogen (secondary N) is 1. The zero-order valence-electron chi connectivity index (χ0n) is 22.9. The van der Waals surface area contributed by atoms with Crippen molar-refractivity contribution in [1.29, 1.82) is 0 Å². The number of nitrogens with zero attached hydrogens (tertiary/aromatic N) is 3. The minimum Gasteiger partial charge on any atom is -0.497 e. The number of alkyl halides is 3. The first kappa shape index (κ1) is 28.6. The van der Waals surface area contributed by atoms with E-state index >= 15 is 0 Å². The Morgan fingerprint density at radius 3 is 2.33 bits per heavy atom. The molecular formula is C33H29F3N4O2. The molecule has 0 atom stereocenters. The smallest absolute Gasteiger partial charge is 0.416 e. The van der Waals surface area contributed by atoms with E-state index < -0.39 is 17.6 Å². The first-order valence-corrected chi connectivity index (χ1v) is 13.5. The van der Waals surface area contributed by atoms with Crippen LogP contribution in [0.25, 0.3) is 22.3 Å². The van der Waals surface area contributed by atoms with Gasteiger partial charge in [0.2, 0.25) is 5.91 Å². The molecule has 0 aliphatic heterocycles. The van der Waals surface area contributed by atoms with Crippen molar-refractivity contribution in [3.8, 4) is 17.1 Å². The molecule has 214 valence electrons. The average molecular weight is 571 g/mol. The van der Waals surface area contributed by atoms with Crippen LogP contribution in [0.4, 0.5) is 24.7 Å². The van der Waals surface area contributed by atoms with Crippen molar-refractivity contribution in [3.05, 3.63) is 114 Å². The van der Waals surface area contributed by atoms with Gasteiger partial charge in [-0.2, -0.15) is 13.2 Å². The highest BCUT2D eigenvalue weighted by atomic mass is 19.4. The zero-order chi connectivity index (χ0) is 29.5. The maximum atomic E-state index is 13.2. The Balaban J connectivity index is 1.44. The number of halogens is 3. The van der Waals surface area contributed by atoms with Gasteiger partial charge in [-0.1, -0.05) is 48.5 Å². The maximum Gasteiger partial charge on any atom is 0.416 e. The molecule has 5 rings (SSSR count). The van der Waals surface area contributed by atoms with Crippen LogP contribution in [0.2, 0.25) is 0 Å². The molecule has 6 nitrogen and oxygen atoms in total. The van der Waals surface area contributed by atoms with Gasteiger partial charge >= 0.3 is 6.18 Å². The predicted molar refractivity (Wildman–Crippen MR) is 159 cm³/mol. The molecule has 1 N–H and O–H groups in total. The van der Waals surface area contributed by atoms with Crippen molar-refractivity contribution in [3.63, 3.8) is 0 Å². The van der Waals surface area contributed by atoms with Gasteiger partial charge in [0.1, 0.15) is 11.6 Å². The SMILES string of the molecule is COc1ccc(-c2nc(N(CCC(=O)Nc3cccc(C(F)(F)F)c3)CCc3ccccc3)c3ccccc3n2)cc1. The Labute approximate surface area is 241 Å². The third kappa shape index (κ3) is 7.04. The average Bonchev–Trinajstić information content (AvgIpc) is 3.01. The van der Waals surface area contributed by atoms with Crippen LogP contribution in [-0.2, 0) is 17.4 Å². The van der Waals surface area contributed by atoms with Crippen LogP contribution in [0.15, 0.2) is 103 Å². The number of carbonyl (C=O) groups excluding carboxylic acids is 1. The molecule has 0 fully saturated rings. The quantitative estimate of drug-likeness (QED) is 0.190. The van der Waals surface area contributed by atoms with Crippen LogP contribution in [0.5, 0.6) is 5.75 Å². The van der Waals surface area contributed by atoms with Gasteiger partial charge in [0.25, 0.3) is 0 Å². The molecule has 0 spiro atoms. The summed E-state index contributed by atoms with van der Waals surface area (Å²) in [5, 5.41) is 3.44. The van der Waals surface area contributed by atoms with E-state index in [1.54, 1.807) is 7.11 Å². The first-order valence-electron chi connectivity index (χ1n) is 13.5. The van der Waals surface area contributed by atoms with Gasteiger partial charge in [0, 0.05) is 36.1 Å². The molecule has 1 heterocycles. The zero-order valence-corrected chi connectivity index (χ0v) is 22.9. The number of methoxy groups -OCH3 is 1. The fraction of sp³-hybridized carbons (Fsp3) is 0.182. The van der Waals surface area contributed by atoms with Crippen LogP contribution >= 0.6 is 0 Å². The normalized spacial score (nSPS) is 11.3. The van der Waals surface area contributed by atoms with Crippen LogP contribution in [0, 0.1) is 0 Å². The van der Waals surface area contributed by atoms with Crippen molar-refractivity contribution < 1.29 is 22.7 Å². The van der Waals surface area contributed by atoms with E-state index in [9.17, 15) is 18.0 Å². The van der Waals surface area contributed by atoms with Gasteiger partial charge in [-0.25, -0.2) is 9.97 Å². The number of fused-ring (bicyclic) bond motifs is 1. The maximum absolute atomic E-state index is 13.2. The molecule has 5 aromatic rings. The molecular weight excluding hydrogens is 541 g/mol. The number of ether oxygens (including phenoxy) is 1. The van der Waals surface area contributed by atoms with E-state index in [1.165, 1.54) is 12.1 Å². The molecule has 0 aliphatic carbocycles. The topological polar surface area (TPSA) is 67.3 Å². The summed E-state index contributed by atoms with van der Waals surface area (Å²) in [6, 6.07) is 29.8. The van der Waals surface area contributed by atoms with Crippen LogP contribution < -0.4 is 15.0 Å². The molecule has 0 unspecified atom stereocenters. The molecule has 0 aliphatic rings. The van der Waals surface area contributed by atoms with Crippen molar-refractivity contribution in [1.82, 2.24) is 9.97 Å². The molecule has 1 aromatic heterocycles. The number of aromatic nitrogens is 2. The van der Waals surface area contributed by atoms with E-state index in [1.807, 2.05) is 83.8 Å². The van der Waals surface area contributed by atoms with Gasteiger partial charge in [0.15, 0.2) is 5.82 Å². The Kier molecular flexibility index (Phi) is 8.66. The Bertz CT molecular complexity index is 1660. The van der Waals surface area contributed by atoms with E-state index in [2.05, 4.69) is 5.32 Å². The number of rotatable bonds is 10. The van der Waals surface area contributed by atoms with Crippen LogP contribution in [0.1, 0.15) is 17.5 Å². The highest BCUT2D eigenvalue weighted by Crippen LogP contribution is 2.31. The Morgan fingerprint density at radius 1 is 0.857 bits per heavy atom. The van der Waals surface area contributed by atoms with Gasteiger partial charge in [-0.05, 0) is 66.6 Å². The predicted octanol–water partition coefficient (Wildman–Crippen LogP) is 7.40. The number of hydrogen-bond acceptors (Lipinski definition) is 5. The Hall–Kier alpha value is -4.92. The lowest BCUT2D eigenvalue weighted by Crippen LogP contribution is -2.31. The number of amides is 1. The third-order valence-corrected chi connectivity index (χ3v) is 6.83. The van der Waals surface area contributed by atoms with Gasteiger partial charge in [-0.15, -0.1) is 0 Å². The highest BCUT2D eigenvalue weighted by molar-refractivity contribution is 5.93. The monoisotopic (exact) mass is 570 g/mol. The van der Waals surface area contributed by atoms with E-state index in [4.69, 9.17) is 14.7 Å². The molecule has 42 heavy (non-hydrogen) atoms. The number of benzene rings is 4. The number of para-hydroxylation sites is 1. The molecule has 0 radical (unpaired) electrons. The fourth-order valence-electron chi connectivity index (χ4n) is 4.64. The second-order valence-corrected chi connectivity index (χ2v) is 9.72. The molecule has 1 amide bonds. The lowest BCUT2D eigenvalue weighted by Gasteiger charge is -2.25. The summed E-state index contributed by atoms with van der Waals surface area (Å²) in [7, 11) is 1.60. The second kappa shape index (κ2) is 12.7. The summed E-state index contributed by atoms with van der Waals surface area (Å²) >= 11 is 0. The van der Waals surface area contributed by atoms with E-state index in [0.29, 0.717) is 31.2 Å². The van der Waals surface area contributed by atoms with Crippen LogP contribution in [-0.4, -0.2) is 36.1 Å². The van der Waals surface area contributed by atoms with Crippen molar-refractivity contribution in [2.24, 2.45) is 0 Å². The first-order chi connectivity index (χ1) is 20.3. The molecule has 4 aromatic carbocycles. The van der Waals surface area contributed by atoms with Crippen LogP contribution in [0.3, 0.4) is 0 Å². The minimum atomic E-state index is -4.50. The van der Waals surface area contributed by atoms with Crippen molar-refractivity contribution >= 4 is 28.3 Å².